The highest BCUT2D eigenvalue weighted by molar-refractivity contribution is 6.35. The van der Waals surface area contributed by atoms with Crippen LogP contribution in [0.1, 0.15) is 12.0 Å². The first-order chi connectivity index (χ1) is 11.5. The van der Waals surface area contributed by atoms with Gasteiger partial charge in [0.05, 0.1) is 12.2 Å². The summed E-state index contributed by atoms with van der Waals surface area (Å²) in [5.41, 5.74) is 0.926. The zero-order valence-corrected chi connectivity index (χ0v) is 13.8. The van der Waals surface area contributed by atoms with E-state index in [2.05, 4.69) is 0 Å². The maximum Gasteiger partial charge on any atom is 0.277 e. The summed E-state index contributed by atoms with van der Waals surface area (Å²) in [6.45, 7) is 0.740. The molecule has 6 nitrogen and oxygen atoms in total. The molecule has 0 atom stereocenters. The van der Waals surface area contributed by atoms with Crippen LogP contribution in [0.2, 0.25) is 0 Å². The van der Waals surface area contributed by atoms with Gasteiger partial charge in [0.15, 0.2) is 0 Å². The molecule has 2 rings (SSSR count). The lowest BCUT2D eigenvalue weighted by molar-refractivity contribution is -0.137. The average Bonchev–Trinajstić information content (AvgIpc) is 2.80. The van der Waals surface area contributed by atoms with E-state index >= 15 is 0 Å². The van der Waals surface area contributed by atoms with Gasteiger partial charge in [-0.25, -0.2) is 4.39 Å². The summed E-state index contributed by atoms with van der Waals surface area (Å²) >= 11 is 0. The highest BCUT2D eigenvalue weighted by Crippen LogP contribution is 2.31. The molecule has 0 aromatic heterocycles. The Balaban J connectivity index is 2.40. The van der Waals surface area contributed by atoms with E-state index in [1.54, 1.807) is 19.1 Å². The minimum Gasteiger partial charge on any atom is -0.395 e. The number of nitrogens with zero attached hydrogens (tertiary/aromatic N) is 2. The Labute approximate surface area is 140 Å². The van der Waals surface area contributed by atoms with Crippen molar-refractivity contribution in [3.63, 3.8) is 0 Å². The zero-order valence-electron chi connectivity index (χ0n) is 13.8. The molecule has 0 fully saturated rings. The molecule has 1 aliphatic heterocycles. The number of halogens is 1. The predicted octanol–water partition coefficient (Wildman–Crippen LogP) is 0.866. The second kappa shape index (κ2) is 8.03. The maximum absolute atomic E-state index is 13.2. The lowest BCUT2D eigenvalue weighted by atomic mass is 10.0. The minimum absolute atomic E-state index is 0.151. The molecule has 1 heterocycles. The number of hydrogen-bond donors (Lipinski definition) is 1. The van der Waals surface area contributed by atoms with E-state index in [0.29, 0.717) is 18.6 Å². The van der Waals surface area contributed by atoms with Crippen LogP contribution in [0.3, 0.4) is 0 Å². The first-order valence-corrected chi connectivity index (χ1v) is 7.68. The number of carbonyl (C=O) groups is 2. The van der Waals surface area contributed by atoms with Gasteiger partial charge in [-0.15, -0.1) is 0 Å². The molecule has 24 heavy (non-hydrogen) atoms. The quantitative estimate of drug-likeness (QED) is 0.563. The van der Waals surface area contributed by atoms with Crippen molar-refractivity contribution in [2.75, 3.05) is 40.5 Å². The lowest BCUT2D eigenvalue weighted by Crippen LogP contribution is -2.35. The summed E-state index contributed by atoms with van der Waals surface area (Å²) in [5.74, 6) is -1.24. The van der Waals surface area contributed by atoms with Gasteiger partial charge in [-0.3, -0.25) is 14.5 Å². The summed E-state index contributed by atoms with van der Waals surface area (Å²) in [7, 11) is 3.19. The van der Waals surface area contributed by atoms with Gasteiger partial charge in [-0.1, -0.05) is 12.1 Å². The molecule has 7 heteroatoms. The minimum atomic E-state index is -0.418. The molecule has 1 N–H and O–H groups in total. The molecule has 1 aliphatic rings. The fourth-order valence-corrected chi connectivity index (χ4v) is 2.63. The average molecular weight is 336 g/mol. The first-order valence-electron chi connectivity index (χ1n) is 7.68. The maximum atomic E-state index is 13.2. The second-order valence-corrected chi connectivity index (χ2v) is 5.48. The van der Waals surface area contributed by atoms with E-state index < -0.39 is 17.6 Å². The number of aliphatic hydroxyl groups excluding tert-OH is 1. The number of methoxy groups -OCH3 is 1. The molecule has 0 bridgehead atoms. The van der Waals surface area contributed by atoms with Gasteiger partial charge in [-0.05, 0) is 24.1 Å². The van der Waals surface area contributed by atoms with Crippen LogP contribution < -0.4 is 0 Å². The molecule has 130 valence electrons. The van der Waals surface area contributed by atoms with Crippen molar-refractivity contribution >= 4 is 17.4 Å². The molecule has 0 saturated carbocycles. The number of benzene rings is 1. The number of amides is 2. The van der Waals surface area contributed by atoms with Crippen molar-refractivity contribution in [1.82, 2.24) is 9.80 Å². The SMILES string of the molecule is COCCCN1C(=O)C(c2ccc(F)cc2)=C(N(C)CCO)C1=O. The smallest absolute Gasteiger partial charge is 0.277 e. The highest BCUT2D eigenvalue weighted by atomic mass is 19.1. The predicted molar refractivity (Wildman–Crippen MR) is 86.2 cm³/mol. The molecule has 1 aromatic rings. The molecule has 0 aliphatic carbocycles. The van der Waals surface area contributed by atoms with E-state index in [1.807, 2.05) is 0 Å². The number of carbonyl (C=O) groups excluding carboxylic acids is 2. The Bertz CT molecular complexity index is 642. The highest BCUT2D eigenvalue weighted by Gasteiger charge is 2.40. The second-order valence-electron chi connectivity index (χ2n) is 5.48. The largest absolute Gasteiger partial charge is 0.395 e. The third kappa shape index (κ3) is 3.63. The van der Waals surface area contributed by atoms with Crippen molar-refractivity contribution in [3.8, 4) is 0 Å². The molecule has 0 saturated heterocycles. The third-order valence-electron chi connectivity index (χ3n) is 3.82. The van der Waals surface area contributed by atoms with Crippen LogP contribution >= 0.6 is 0 Å². The van der Waals surface area contributed by atoms with Crippen molar-refractivity contribution in [1.29, 1.82) is 0 Å². The molecular formula is C17H21FN2O4. The Kier molecular flexibility index (Phi) is 6.05. The number of rotatable bonds is 8. The molecule has 0 spiro atoms. The van der Waals surface area contributed by atoms with Crippen molar-refractivity contribution in [3.05, 3.63) is 41.3 Å². The molecule has 2 amide bonds. The molecule has 0 radical (unpaired) electrons. The Morgan fingerprint density at radius 3 is 2.46 bits per heavy atom. The summed E-state index contributed by atoms with van der Waals surface area (Å²) < 4.78 is 18.1. The number of ether oxygens (including phenoxy) is 1. The van der Waals surface area contributed by atoms with Gasteiger partial charge in [0, 0.05) is 33.9 Å². The van der Waals surface area contributed by atoms with Gasteiger partial charge >= 0.3 is 0 Å². The summed E-state index contributed by atoms with van der Waals surface area (Å²) in [5, 5.41) is 9.14. The summed E-state index contributed by atoms with van der Waals surface area (Å²) in [4.78, 5) is 28.1. The van der Waals surface area contributed by atoms with E-state index in [4.69, 9.17) is 9.84 Å². The third-order valence-corrected chi connectivity index (χ3v) is 3.82. The van der Waals surface area contributed by atoms with Crippen LogP contribution in [0.15, 0.2) is 30.0 Å². The summed E-state index contributed by atoms with van der Waals surface area (Å²) in [6, 6.07) is 5.44. The van der Waals surface area contributed by atoms with Gasteiger partial charge in [0.1, 0.15) is 11.5 Å². The lowest BCUT2D eigenvalue weighted by Gasteiger charge is -2.20. The fraction of sp³-hybridized carbons (Fsp3) is 0.412. The topological polar surface area (TPSA) is 70.1 Å². The normalized spacial score (nSPS) is 14.8. The molecular weight excluding hydrogens is 315 g/mol. The molecule has 1 aromatic carbocycles. The van der Waals surface area contributed by atoms with Crippen LogP contribution in [-0.2, 0) is 14.3 Å². The van der Waals surface area contributed by atoms with Crippen LogP contribution in [0.4, 0.5) is 4.39 Å². The Hall–Kier alpha value is -2.25. The zero-order chi connectivity index (χ0) is 17.7. The van der Waals surface area contributed by atoms with Gasteiger partial charge in [0.25, 0.3) is 11.8 Å². The van der Waals surface area contributed by atoms with Crippen LogP contribution in [0.25, 0.3) is 5.57 Å². The molecule has 0 unspecified atom stereocenters. The van der Waals surface area contributed by atoms with Gasteiger partial charge in [-0.2, -0.15) is 0 Å². The van der Waals surface area contributed by atoms with E-state index in [1.165, 1.54) is 29.2 Å². The van der Waals surface area contributed by atoms with Crippen molar-refractivity contribution < 1.29 is 23.8 Å². The fourth-order valence-electron chi connectivity index (χ4n) is 2.63. The number of hydrogen-bond acceptors (Lipinski definition) is 5. The van der Waals surface area contributed by atoms with Gasteiger partial charge in [0.2, 0.25) is 0 Å². The first kappa shape index (κ1) is 18.1. The van der Waals surface area contributed by atoms with E-state index in [-0.39, 0.29) is 31.0 Å². The van der Waals surface area contributed by atoms with Gasteiger partial charge < -0.3 is 14.7 Å². The van der Waals surface area contributed by atoms with Crippen molar-refractivity contribution in [2.45, 2.75) is 6.42 Å². The Morgan fingerprint density at radius 2 is 1.88 bits per heavy atom. The van der Waals surface area contributed by atoms with Crippen molar-refractivity contribution in [2.24, 2.45) is 0 Å². The number of likely N-dealkylation sites (N-methyl/N-ethyl adjacent to an activating group) is 1. The van der Waals surface area contributed by atoms with Crippen LogP contribution in [0.5, 0.6) is 0 Å². The van der Waals surface area contributed by atoms with E-state index in [0.717, 1.165) is 0 Å². The summed E-state index contributed by atoms with van der Waals surface area (Å²) in [6.07, 6.45) is 0.529. The van der Waals surface area contributed by atoms with Crippen LogP contribution in [0, 0.1) is 5.82 Å². The standard InChI is InChI=1S/C17H21FN2O4/c1-19(9-10-21)15-14(12-4-6-13(18)7-5-12)16(22)20(17(15)23)8-3-11-24-2/h4-7,21H,3,8-11H2,1-2H3. The monoisotopic (exact) mass is 336 g/mol. The number of aliphatic hydroxyl groups is 1. The van der Waals surface area contributed by atoms with E-state index in [9.17, 15) is 14.0 Å². The Morgan fingerprint density at radius 1 is 1.21 bits per heavy atom. The number of imide groups is 1. The van der Waals surface area contributed by atoms with Crippen LogP contribution in [-0.4, -0.2) is 67.2 Å².